The zero-order valence-corrected chi connectivity index (χ0v) is 26.6. The first-order valence-corrected chi connectivity index (χ1v) is 16.3. The summed E-state index contributed by atoms with van der Waals surface area (Å²) in [6.07, 6.45) is 0.922. The molecule has 0 aliphatic carbocycles. The highest BCUT2D eigenvalue weighted by atomic mass is 16.5. The van der Waals surface area contributed by atoms with Gasteiger partial charge in [0.2, 0.25) is 11.8 Å². The van der Waals surface area contributed by atoms with Gasteiger partial charge in [-0.25, -0.2) is 9.98 Å². The molecule has 8 rings (SSSR count). The lowest BCUT2D eigenvalue weighted by Gasteiger charge is -2.19. The Bertz CT molecular complexity index is 2210. The van der Waals surface area contributed by atoms with Crippen molar-refractivity contribution < 1.29 is 19.0 Å². The van der Waals surface area contributed by atoms with Gasteiger partial charge in [-0.15, -0.1) is 0 Å². The molecule has 6 nitrogen and oxygen atoms in total. The number of benzene rings is 6. The van der Waals surface area contributed by atoms with Crippen molar-refractivity contribution in [2.75, 3.05) is 20.3 Å². The third kappa shape index (κ3) is 5.60. The lowest BCUT2D eigenvalue weighted by Crippen LogP contribution is -2.09. The van der Waals surface area contributed by atoms with Gasteiger partial charge in [0, 0.05) is 28.7 Å². The molecule has 0 N–H and O–H groups in total. The standard InChI is InChI=1S/C42H34N2O4/c1-46-38(45)23-17-27-16-20-33-31(24-27)19-22-35(42-44-37(26-48-42)30-13-6-3-7-14-30)40(33)39-32-15-9-8-10-28(32)18-21-34(39)41-43-36(25-47-41)29-11-4-2-5-12-29/h2-16,18-22,24,36-37H,17,23,25-26H2,1H3/t36-,37-/m1/s1. The third-order valence-electron chi connectivity index (χ3n) is 9.24. The van der Waals surface area contributed by atoms with E-state index in [2.05, 4.69) is 91.0 Å². The zero-order valence-electron chi connectivity index (χ0n) is 26.6. The van der Waals surface area contributed by atoms with Crippen molar-refractivity contribution in [1.29, 1.82) is 0 Å². The minimum absolute atomic E-state index is 0.0842. The highest BCUT2D eigenvalue weighted by molar-refractivity contribution is 6.19. The number of esters is 1. The van der Waals surface area contributed by atoms with Gasteiger partial charge < -0.3 is 14.2 Å². The van der Waals surface area contributed by atoms with E-state index in [9.17, 15) is 4.79 Å². The normalized spacial score (nSPS) is 17.1. The van der Waals surface area contributed by atoms with Crippen LogP contribution in [0.15, 0.2) is 137 Å². The molecule has 0 fully saturated rings. The molecule has 2 aliphatic heterocycles. The molecule has 0 spiro atoms. The highest BCUT2D eigenvalue weighted by Gasteiger charge is 2.29. The van der Waals surface area contributed by atoms with Crippen molar-refractivity contribution in [3.05, 3.63) is 155 Å². The topological polar surface area (TPSA) is 69.5 Å². The van der Waals surface area contributed by atoms with E-state index in [4.69, 9.17) is 24.2 Å². The van der Waals surface area contributed by atoms with Crippen LogP contribution in [0.1, 0.15) is 46.3 Å². The van der Waals surface area contributed by atoms with Crippen molar-refractivity contribution in [1.82, 2.24) is 0 Å². The van der Waals surface area contributed by atoms with E-state index in [1.165, 1.54) is 7.11 Å². The maximum absolute atomic E-state index is 11.9. The van der Waals surface area contributed by atoms with Crippen molar-refractivity contribution in [3.63, 3.8) is 0 Å². The summed E-state index contributed by atoms with van der Waals surface area (Å²) in [7, 11) is 1.43. The number of hydrogen-bond donors (Lipinski definition) is 0. The molecule has 0 radical (unpaired) electrons. The molecule has 2 aliphatic rings. The van der Waals surface area contributed by atoms with Crippen LogP contribution in [0.5, 0.6) is 0 Å². The number of fused-ring (bicyclic) bond motifs is 2. The maximum Gasteiger partial charge on any atom is 0.305 e. The Morgan fingerprint density at radius 3 is 1.79 bits per heavy atom. The van der Waals surface area contributed by atoms with Crippen LogP contribution >= 0.6 is 0 Å². The monoisotopic (exact) mass is 630 g/mol. The van der Waals surface area contributed by atoms with E-state index in [1.807, 2.05) is 36.4 Å². The molecule has 2 atom stereocenters. The van der Waals surface area contributed by atoms with E-state index in [1.54, 1.807) is 0 Å². The minimum atomic E-state index is -0.220. The molecule has 0 saturated carbocycles. The Hall–Kier alpha value is -5.75. The second kappa shape index (κ2) is 12.8. The van der Waals surface area contributed by atoms with E-state index < -0.39 is 0 Å². The van der Waals surface area contributed by atoms with Crippen LogP contribution in [0.4, 0.5) is 0 Å². The number of nitrogens with zero attached hydrogens (tertiary/aromatic N) is 2. The molecule has 0 unspecified atom stereocenters. The summed E-state index contributed by atoms with van der Waals surface area (Å²) in [5.74, 6) is 1.02. The Labute approximate surface area is 279 Å². The van der Waals surface area contributed by atoms with Gasteiger partial charge in [-0.3, -0.25) is 4.79 Å². The van der Waals surface area contributed by atoms with Gasteiger partial charge in [0.1, 0.15) is 25.3 Å². The quantitative estimate of drug-likeness (QED) is 0.158. The predicted molar refractivity (Wildman–Crippen MR) is 191 cm³/mol. The summed E-state index contributed by atoms with van der Waals surface area (Å²) in [6, 6.07) is 43.8. The summed E-state index contributed by atoms with van der Waals surface area (Å²) in [6.45, 7) is 0.951. The lowest BCUT2D eigenvalue weighted by atomic mass is 9.86. The molecule has 0 amide bonds. The van der Waals surface area contributed by atoms with Crippen LogP contribution in [0.25, 0.3) is 32.7 Å². The van der Waals surface area contributed by atoms with E-state index in [0.717, 1.165) is 60.5 Å². The molecule has 2 heterocycles. The summed E-state index contributed by atoms with van der Waals surface area (Å²) in [5.41, 5.74) is 7.20. The lowest BCUT2D eigenvalue weighted by molar-refractivity contribution is -0.140. The molecule has 6 aromatic carbocycles. The SMILES string of the molecule is COC(=O)CCc1ccc2c(-c3c(C4=N[C@@H](c5ccccc5)CO4)ccc4ccccc34)c(C3=N[C@@H](c4ccccc4)CO3)ccc2c1. The van der Waals surface area contributed by atoms with Crippen molar-refractivity contribution >= 4 is 39.3 Å². The van der Waals surface area contributed by atoms with E-state index in [0.29, 0.717) is 37.9 Å². The highest BCUT2D eigenvalue weighted by Crippen LogP contribution is 2.42. The van der Waals surface area contributed by atoms with Crippen LogP contribution in [0, 0.1) is 0 Å². The van der Waals surface area contributed by atoms with Gasteiger partial charge >= 0.3 is 5.97 Å². The fraction of sp³-hybridized carbons (Fsp3) is 0.167. The van der Waals surface area contributed by atoms with E-state index in [-0.39, 0.29) is 18.1 Å². The van der Waals surface area contributed by atoms with Gasteiger partial charge in [-0.1, -0.05) is 115 Å². The van der Waals surface area contributed by atoms with Gasteiger partial charge in [0.15, 0.2) is 0 Å². The summed E-state index contributed by atoms with van der Waals surface area (Å²) in [4.78, 5) is 22.2. The largest absolute Gasteiger partial charge is 0.475 e. The molecule has 6 heteroatoms. The fourth-order valence-electron chi connectivity index (χ4n) is 6.78. The number of rotatable bonds is 8. The van der Waals surface area contributed by atoms with Crippen molar-refractivity contribution in [2.45, 2.75) is 24.9 Å². The second-order valence-corrected chi connectivity index (χ2v) is 12.2. The fourth-order valence-corrected chi connectivity index (χ4v) is 6.78. The number of ether oxygens (including phenoxy) is 3. The minimum Gasteiger partial charge on any atom is -0.475 e. The first-order chi connectivity index (χ1) is 23.7. The molecule has 0 bridgehead atoms. The number of aryl methyl sites for hydroxylation is 1. The van der Waals surface area contributed by atoms with Crippen molar-refractivity contribution in [3.8, 4) is 11.1 Å². The first-order valence-electron chi connectivity index (χ1n) is 16.3. The Morgan fingerprint density at radius 1 is 0.646 bits per heavy atom. The molecule has 0 saturated heterocycles. The first kappa shape index (κ1) is 29.6. The Morgan fingerprint density at radius 2 is 1.19 bits per heavy atom. The summed E-state index contributed by atoms with van der Waals surface area (Å²) >= 11 is 0. The van der Waals surface area contributed by atoms with Gasteiger partial charge in [0.25, 0.3) is 0 Å². The number of methoxy groups -OCH3 is 1. The predicted octanol–water partition coefficient (Wildman–Crippen LogP) is 8.80. The number of carbonyl (C=O) groups excluding carboxylic acids is 1. The molecular formula is C42H34N2O4. The van der Waals surface area contributed by atoms with Gasteiger partial charge in [-0.2, -0.15) is 0 Å². The van der Waals surface area contributed by atoms with Gasteiger partial charge in [0.05, 0.1) is 7.11 Å². The van der Waals surface area contributed by atoms with Crippen molar-refractivity contribution in [2.24, 2.45) is 9.98 Å². The molecule has 236 valence electrons. The van der Waals surface area contributed by atoms with Crippen LogP contribution < -0.4 is 0 Å². The summed E-state index contributed by atoms with van der Waals surface area (Å²) < 4.78 is 17.7. The second-order valence-electron chi connectivity index (χ2n) is 12.2. The third-order valence-corrected chi connectivity index (χ3v) is 9.24. The molecule has 48 heavy (non-hydrogen) atoms. The van der Waals surface area contributed by atoms with Crippen LogP contribution in [0.2, 0.25) is 0 Å². The summed E-state index contributed by atoms with van der Waals surface area (Å²) in [5, 5.41) is 4.32. The maximum atomic E-state index is 11.9. The van der Waals surface area contributed by atoms with Crippen LogP contribution in [-0.2, 0) is 25.4 Å². The zero-order chi connectivity index (χ0) is 32.5. The van der Waals surface area contributed by atoms with Crippen LogP contribution in [-0.4, -0.2) is 38.1 Å². The smallest absolute Gasteiger partial charge is 0.305 e. The van der Waals surface area contributed by atoms with Crippen LogP contribution in [0.3, 0.4) is 0 Å². The molecular weight excluding hydrogens is 596 g/mol. The van der Waals surface area contributed by atoms with Gasteiger partial charge in [-0.05, 0) is 56.8 Å². The molecule has 0 aromatic heterocycles. The number of carbonyl (C=O) groups is 1. The number of hydrogen-bond acceptors (Lipinski definition) is 6. The average molecular weight is 631 g/mol. The average Bonchev–Trinajstić information content (AvgIpc) is 3.85. The Kier molecular flexibility index (Phi) is 7.90. The number of aliphatic imine (C=N–C) groups is 2. The Balaban J connectivity index is 1.34. The molecule has 6 aromatic rings. The van der Waals surface area contributed by atoms with E-state index >= 15 is 0 Å².